The highest BCUT2D eigenvalue weighted by Gasteiger charge is 2.25. The summed E-state index contributed by atoms with van der Waals surface area (Å²) in [5.74, 6) is 0.129. The van der Waals surface area contributed by atoms with Crippen LogP contribution in [0, 0.1) is 5.92 Å². The molecular weight excluding hydrogens is 220 g/mol. The molecule has 1 heterocycles. The molecule has 2 unspecified atom stereocenters. The number of aliphatic hydroxyl groups excluding tert-OH is 1. The molecule has 1 amide bonds. The van der Waals surface area contributed by atoms with E-state index in [4.69, 9.17) is 0 Å². The number of nitrogens with one attached hydrogen (secondary N) is 1. The molecule has 94 valence electrons. The number of hydrogen-bond donors (Lipinski definition) is 2. The largest absolute Gasteiger partial charge is 0.396 e. The van der Waals surface area contributed by atoms with Crippen LogP contribution in [0.1, 0.15) is 25.7 Å². The van der Waals surface area contributed by atoms with Crippen molar-refractivity contribution in [2.24, 2.45) is 5.92 Å². The standard InChI is InChI=1S/C11H18N4O2/c16-6-9-3-1-2-4-10(9)14-11(17)5-15-8-12-7-13-15/h7-10,16H,1-6H2,(H,14,17). The molecule has 2 N–H and O–H groups in total. The van der Waals surface area contributed by atoms with Gasteiger partial charge < -0.3 is 10.4 Å². The molecule has 17 heavy (non-hydrogen) atoms. The topological polar surface area (TPSA) is 80.0 Å². The minimum Gasteiger partial charge on any atom is -0.396 e. The van der Waals surface area contributed by atoms with Crippen molar-refractivity contribution in [3.8, 4) is 0 Å². The first-order valence-electron chi connectivity index (χ1n) is 6.02. The van der Waals surface area contributed by atoms with E-state index in [0.717, 1.165) is 25.7 Å². The molecule has 0 aromatic carbocycles. The summed E-state index contributed by atoms with van der Waals surface area (Å²) in [6.07, 6.45) is 7.12. The lowest BCUT2D eigenvalue weighted by Crippen LogP contribution is -2.44. The van der Waals surface area contributed by atoms with E-state index in [1.165, 1.54) is 17.3 Å². The molecule has 0 radical (unpaired) electrons. The lowest BCUT2D eigenvalue weighted by Gasteiger charge is -2.30. The fourth-order valence-corrected chi connectivity index (χ4v) is 2.33. The van der Waals surface area contributed by atoms with Crippen LogP contribution < -0.4 is 5.32 Å². The Labute approximate surface area is 100 Å². The maximum Gasteiger partial charge on any atom is 0.242 e. The Balaban J connectivity index is 1.84. The van der Waals surface area contributed by atoms with Crippen LogP contribution in [0.2, 0.25) is 0 Å². The number of nitrogens with zero attached hydrogens (tertiary/aromatic N) is 3. The molecule has 6 nitrogen and oxygen atoms in total. The van der Waals surface area contributed by atoms with E-state index in [9.17, 15) is 9.90 Å². The van der Waals surface area contributed by atoms with Crippen molar-refractivity contribution in [3.05, 3.63) is 12.7 Å². The van der Waals surface area contributed by atoms with Crippen molar-refractivity contribution in [2.75, 3.05) is 6.61 Å². The highest BCUT2D eigenvalue weighted by Crippen LogP contribution is 2.23. The minimum absolute atomic E-state index is 0.0687. The summed E-state index contributed by atoms with van der Waals surface area (Å²) in [4.78, 5) is 15.5. The molecule has 1 fully saturated rings. The number of amides is 1. The number of hydrogen-bond acceptors (Lipinski definition) is 4. The Hall–Kier alpha value is -1.43. The molecule has 2 atom stereocenters. The predicted octanol–water partition coefficient (Wildman–Crippen LogP) is -0.0546. The van der Waals surface area contributed by atoms with Crippen LogP contribution in [0.3, 0.4) is 0 Å². The fourth-order valence-electron chi connectivity index (χ4n) is 2.33. The van der Waals surface area contributed by atoms with E-state index in [0.29, 0.717) is 0 Å². The summed E-state index contributed by atoms with van der Waals surface area (Å²) in [5.41, 5.74) is 0. The van der Waals surface area contributed by atoms with Crippen LogP contribution in [0.15, 0.2) is 12.7 Å². The number of rotatable bonds is 4. The molecule has 1 aliphatic rings. The molecule has 1 aromatic heterocycles. The van der Waals surface area contributed by atoms with Gasteiger partial charge >= 0.3 is 0 Å². The van der Waals surface area contributed by atoms with Crippen LogP contribution in [0.25, 0.3) is 0 Å². The third-order valence-corrected chi connectivity index (χ3v) is 3.26. The third-order valence-electron chi connectivity index (χ3n) is 3.26. The summed E-state index contributed by atoms with van der Waals surface area (Å²) in [6, 6.07) is 0.102. The maximum atomic E-state index is 11.8. The van der Waals surface area contributed by atoms with Crippen LogP contribution in [0.4, 0.5) is 0 Å². The molecule has 0 spiro atoms. The highest BCUT2D eigenvalue weighted by atomic mass is 16.3. The van der Waals surface area contributed by atoms with Crippen LogP contribution in [0.5, 0.6) is 0 Å². The monoisotopic (exact) mass is 238 g/mol. The van der Waals surface area contributed by atoms with Gasteiger partial charge in [0, 0.05) is 18.6 Å². The number of aliphatic hydroxyl groups is 1. The second-order valence-electron chi connectivity index (χ2n) is 4.49. The van der Waals surface area contributed by atoms with Gasteiger partial charge in [0.15, 0.2) is 0 Å². The molecule has 0 saturated heterocycles. The van der Waals surface area contributed by atoms with Gasteiger partial charge in [-0.3, -0.25) is 4.79 Å². The van der Waals surface area contributed by atoms with Gasteiger partial charge in [0.2, 0.25) is 5.91 Å². The third kappa shape index (κ3) is 3.26. The molecule has 0 bridgehead atoms. The molecule has 1 saturated carbocycles. The zero-order valence-electron chi connectivity index (χ0n) is 9.75. The van der Waals surface area contributed by atoms with Gasteiger partial charge in [-0.25, -0.2) is 9.67 Å². The minimum atomic E-state index is -0.0687. The Morgan fingerprint density at radius 2 is 2.29 bits per heavy atom. The number of aromatic nitrogens is 3. The van der Waals surface area contributed by atoms with E-state index in [2.05, 4.69) is 15.4 Å². The van der Waals surface area contributed by atoms with Crippen molar-refractivity contribution in [2.45, 2.75) is 38.3 Å². The van der Waals surface area contributed by atoms with Gasteiger partial charge in [-0.15, -0.1) is 0 Å². The first-order chi connectivity index (χ1) is 8.29. The quantitative estimate of drug-likeness (QED) is 0.770. The van der Waals surface area contributed by atoms with Gasteiger partial charge in [0.1, 0.15) is 19.2 Å². The number of carbonyl (C=O) groups is 1. The van der Waals surface area contributed by atoms with Crippen molar-refractivity contribution in [3.63, 3.8) is 0 Å². The average molecular weight is 238 g/mol. The zero-order chi connectivity index (χ0) is 12.1. The maximum absolute atomic E-state index is 11.8. The van der Waals surface area contributed by atoms with Crippen molar-refractivity contribution in [1.82, 2.24) is 20.1 Å². The summed E-state index contributed by atoms with van der Waals surface area (Å²) < 4.78 is 1.49. The van der Waals surface area contributed by atoms with Crippen LogP contribution in [-0.2, 0) is 11.3 Å². The first-order valence-corrected chi connectivity index (χ1v) is 6.02. The van der Waals surface area contributed by atoms with Crippen LogP contribution in [-0.4, -0.2) is 38.4 Å². The van der Waals surface area contributed by atoms with Gasteiger partial charge in [0.25, 0.3) is 0 Å². The second-order valence-corrected chi connectivity index (χ2v) is 4.49. The van der Waals surface area contributed by atoms with E-state index in [1.54, 1.807) is 0 Å². The van der Waals surface area contributed by atoms with E-state index >= 15 is 0 Å². The zero-order valence-corrected chi connectivity index (χ0v) is 9.75. The van der Waals surface area contributed by atoms with E-state index in [1.807, 2.05) is 0 Å². The van der Waals surface area contributed by atoms with Gasteiger partial charge in [-0.2, -0.15) is 5.10 Å². The smallest absolute Gasteiger partial charge is 0.242 e. The molecule has 2 rings (SSSR count). The number of carbonyl (C=O) groups excluding carboxylic acids is 1. The summed E-state index contributed by atoms with van der Waals surface area (Å²) in [6.45, 7) is 0.336. The lowest BCUT2D eigenvalue weighted by atomic mass is 9.85. The molecule has 0 aliphatic heterocycles. The summed E-state index contributed by atoms with van der Waals surface area (Å²) >= 11 is 0. The fraction of sp³-hybridized carbons (Fsp3) is 0.727. The molecule has 1 aliphatic carbocycles. The van der Waals surface area contributed by atoms with Gasteiger partial charge in [0.05, 0.1) is 0 Å². The van der Waals surface area contributed by atoms with Gasteiger partial charge in [-0.05, 0) is 12.8 Å². The Kier molecular flexibility index (Phi) is 4.08. The van der Waals surface area contributed by atoms with Gasteiger partial charge in [-0.1, -0.05) is 12.8 Å². The predicted molar refractivity (Wildman–Crippen MR) is 61.0 cm³/mol. The SMILES string of the molecule is O=C(Cn1cncn1)NC1CCCCC1CO. The average Bonchev–Trinajstić information content (AvgIpc) is 2.82. The summed E-state index contributed by atoms with van der Waals surface area (Å²) in [5, 5.41) is 16.1. The summed E-state index contributed by atoms with van der Waals surface area (Å²) in [7, 11) is 0. The van der Waals surface area contributed by atoms with Crippen molar-refractivity contribution in [1.29, 1.82) is 0 Å². The lowest BCUT2D eigenvalue weighted by molar-refractivity contribution is -0.123. The Morgan fingerprint density at radius 3 is 3.00 bits per heavy atom. The molecular formula is C11H18N4O2. The Bertz CT molecular complexity index is 352. The highest BCUT2D eigenvalue weighted by molar-refractivity contribution is 5.75. The second kappa shape index (κ2) is 5.77. The van der Waals surface area contributed by atoms with E-state index < -0.39 is 0 Å². The van der Waals surface area contributed by atoms with Crippen LogP contribution >= 0.6 is 0 Å². The molecule has 1 aromatic rings. The van der Waals surface area contributed by atoms with Crippen molar-refractivity contribution < 1.29 is 9.90 Å². The Morgan fingerprint density at radius 1 is 1.47 bits per heavy atom. The normalized spacial score (nSPS) is 24.5. The van der Waals surface area contributed by atoms with E-state index in [-0.39, 0.29) is 31.0 Å². The first kappa shape index (κ1) is 12.0. The van der Waals surface area contributed by atoms with Crippen molar-refractivity contribution >= 4 is 5.91 Å². The molecule has 6 heteroatoms.